The first-order valence-electron chi connectivity index (χ1n) is 12.7. The van der Waals surface area contributed by atoms with E-state index in [1.54, 1.807) is 42.5 Å². The van der Waals surface area contributed by atoms with Crippen LogP contribution in [0.1, 0.15) is 53.3 Å². The Morgan fingerprint density at radius 2 is 1.74 bits per heavy atom. The Morgan fingerprint density at radius 1 is 0.974 bits per heavy atom. The fourth-order valence-electron chi connectivity index (χ4n) is 4.82. The van der Waals surface area contributed by atoms with Gasteiger partial charge in [-0.05, 0) is 67.6 Å². The average Bonchev–Trinajstić information content (AvgIpc) is 2.92. The Morgan fingerprint density at radius 3 is 2.51 bits per heavy atom. The summed E-state index contributed by atoms with van der Waals surface area (Å²) in [5.74, 6) is -0.933. The van der Waals surface area contributed by atoms with Crippen molar-refractivity contribution in [1.82, 2.24) is 15.3 Å². The second-order valence-corrected chi connectivity index (χ2v) is 12.2. The number of carbonyl (C=O) groups excluding carboxylic acids is 1. The van der Waals surface area contributed by atoms with Gasteiger partial charge < -0.3 is 10.4 Å². The van der Waals surface area contributed by atoms with Crippen LogP contribution in [0.2, 0.25) is 5.02 Å². The van der Waals surface area contributed by atoms with Gasteiger partial charge >= 0.3 is 5.97 Å². The molecule has 1 unspecified atom stereocenters. The number of aliphatic carboxylic acids is 1. The van der Waals surface area contributed by atoms with Crippen molar-refractivity contribution in [2.45, 2.75) is 43.0 Å². The van der Waals surface area contributed by atoms with Crippen molar-refractivity contribution < 1.29 is 23.8 Å². The lowest BCUT2D eigenvalue weighted by molar-refractivity contribution is -0.137. The molecular weight excluding hydrogens is 538 g/mol. The van der Waals surface area contributed by atoms with Gasteiger partial charge in [-0.2, -0.15) is 10.6 Å². The predicted molar refractivity (Wildman–Crippen MR) is 152 cm³/mol. The topological polar surface area (TPSA) is 133 Å². The van der Waals surface area contributed by atoms with Gasteiger partial charge in [-0.25, -0.2) is 9.97 Å². The number of unbranched alkanes of at least 4 members (excludes halogenated alkanes) is 1. The van der Waals surface area contributed by atoms with Crippen molar-refractivity contribution in [2.75, 3.05) is 5.75 Å². The second-order valence-electron chi connectivity index (χ2n) is 9.55. The van der Waals surface area contributed by atoms with E-state index in [0.717, 1.165) is 11.3 Å². The third kappa shape index (κ3) is 6.07. The molecule has 3 aromatic carbocycles. The molecule has 5 rings (SSSR count). The highest BCUT2D eigenvalue weighted by Gasteiger charge is 2.31. The van der Waals surface area contributed by atoms with Crippen molar-refractivity contribution >= 4 is 45.1 Å². The number of nitrogens with one attached hydrogen (secondary N) is 1. The van der Waals surface area contributed by atoms with Crippen molar-refractivity contribution in [3.05, 3.63) is 88.6 Å². The highest BCUT2D eigenvalue weighted by Crippen LogP contribution is 2.55. The van der Waals surface area contributed by atoms with E-state index in [1.807, 2.05) is 24.3 Å². The number of benzene rings is 3. The molecule has 10 heteroatoms. The first-order valence-corrected chi connectivity index (χ1v) is 14.7. The molecule has 0 radical (unpaired) electrons. The number of halogens is 1. The zero-order valence-corrected chi connectivity index (χ0v) is 22.6. The van der Waals surface area contributed by atoms with Crippen LogP contribution in [0.15, 0.2) is 71.6 Å². The normalized spacial score (nSPS) is 16.8. The lowest BCUT2D eigenvalue weighted by Gasteiger charge is -2.41. The molecule has 202 valence electrons. The summed E-state index contributed by atoms with van der Waals surface area (Å²) >= 11 is 6.07. The molecule has 1 aliphatic heterocycles. The van der Waals surface area contributed by atoms with E-state index in [-0.39, 0.29) is 24.1 Å². The number of hydrogen-bond donors (Lipinski definition) is 4. The number of carboxylic acids is 1. The fraction of sp³-hybridized carbons (Fsp3) is 0.241. The molecule has 1 atom stereocenters. The average molecular weight is 566 g/mol. The second kappa shape index (κ2) is 11.3. The van der Waals surface area contributed by atoms with Gasteiger partial charge in [0.1, 0.15) is 0 Å². The number of carbonyl (C=O) groups is 2. The number of aromatic nitrogens is 2. The molecule has 0 saturated heterocycles. The van der Waals surface area contributed by atoms with Gasteiger partial charge in [0.2, 0.25) is 0 Å². The maximum absolute atomic E-state index is 13.3. The minimum atomic E-state index is -2.86. The fourth-order valence-corrected chi connectivity index (χ4v) is 6.61. The standard InChI is InChI=1S/C29H28ClN3O5S/c30-20-12-9-18(10-13-20)28-24(6-2-4-8-27(34)35)31-25-17-19(11-14-23(25)32-28)29(36)33-22-15-16-39(37,38)26-7-3-1-5-21(22)26/h1,3,5,7,9-14,17,22,37-38H,2,4,6,8,15-16H2,(H,33,36)(H,34,35). The van der Waals surface area contributed by atoms with Gasteiger partial charge in [0.15, 0.2) is 0 Å². The molecule has 1 amide bonds. The summed E-state index contributed by atoms with van der Waals surface area (Å²) < 4.78 is 20.9. The van der Waals surface area contributed by atoms with Gasteiger partial charge in [-0.3, -0.25) is 18.7 Å². The summed E-state index contributed by atoms with van der Waals surface area (Å²) in [5, 5.41) is 12.6. The van der Waals surface area contributed by atoms with E-state index in [9.17, 15) is 18.7 Å². The van der Waals surface area contributed by atoms with E-state index in [4.69, 9.17) is 26.7 Å². The zero-order chi connectivity index (χ0) is 27.6. The number of carboxylic acid groups (broad SMARTS) is 1. The molecule has 0 spiro atoms. The summed E-state index contributed by atoms with van der Waals surface area (Å²) in [6.45, 7) is 0. The Balaban J connectivity index is 1.44. The molecule has 1 aromatic heterocycles. The van der Waals surface area contributed by atoms with Crippen LogP contribution in [0.3, 0.4) is 0 Å². The van der Waals surface area contributed by atoms with E-state index in [1.165, 1.54) is 0 Å². The van der Waals surface area contributed by atoms with E-state index >= 15 is 0 Å². The van der Waals surface area contributed by atoms with Crippen LogP contribution in [0.5, 0.6) is 0 Å². The quantitative estimate of drug-likeness (QED) is 0.174. The smallest absolute Gasteiger partial charge is 0.303 e. The van der Waals surface area contributed by atoms with Crippen molar-refractivity contribution in [3.8, 4) is 11.3 Å². The van der Waals surface area contributed by atoms with Gasteiger partial charge in [-0.1, -0.05) is 41.9 Å². The van der Waals surface area contributed by atoms with Crippen molar-refractivity contribution in [3.63, 3.8) is 0 Å². The lowest BCUT2D eigenvalue weighted by Crippen LogP contribution is -2.33. The van der Waals surface area contributed by atoms with Gasteiger partial charge in [-0.15, -0.1) is 0 Å². The number of hydrogen-bond acceptors (Lipinski definition) is 6. The summed E-state index contributed by atoms with van der Waals surface area (Å²) in [6.07, 6.45) is 2.19. The Hall–Kier alpha value is -3.50. The molecule has 8 nitrogen and oxygen atoms in total. The third-order valence-electron chi connectivity index (χ3n) is 6.81. The maximum atomic E-state index is 13.3. The first kappa shape index (κ1) is 27.1. The Labute approximate surface area is 232 Å². The minimum Gasteiger partial charge on any atom is -0.481 e. The van der Waals surface area contributed by atoms with Crippen molar-refractivity contribution in [1.29, 1.82) is 0 Å². The minimum absolute atomic E-state index is 0.0844. The summed E-state index contributed by atoms with van der Waals surface area (Å²) in [7, 11) is -2.86. The zero-order valence-electron chi connectivity index (χ0n) is 21.0. The summed E-state index contributed by atoms with van der Waals surface area (Å²) in [6, 6.07) is 19.2. The van der Waals surface area contributed by atoms with Crippen LogP contribution in [0, 0.1) is 0 Å². The van der Waals surface area contributed by atoms with Crippen LogP contribution >= 0.6 is 22.2 Å². The highest BCUT2D eigenvalue weighted by atomic mass is 35.5. The van der Waals surface area contributed by atoms with Gasteiger partial charge in [0.05, 0.1) is 33.4 Å². The van der Waals surface area contributed by atoms with E-state index in [0.29, 0.717) is 63.5 Å². The lowest BCUT2D eigenvalue weighted by atomic mass is 10.0. The molecule has 1 aliphatic rings. The molecule has 2 heterocycles. The molecule has 39 heavy (non-hydrogen) atoms. The summed E-state index contributed by atoms with van der Waals surface area (Å²) in [5.41, 5.74) is 4.60. The number of fused-ring (bicyclic) bond motifs is 2. The monoisotopic (exact) mass is 565 g/mol. The molecule has 0 aliphatic carbocycles. The molecule has 4 aromatic rings. The molecule has 4 N–H and O–H groups in total. The van der Waals surface area contributed by atoms with Gasteiger partial charge in [0.25, 0.3) is 5.91 Å². The van der Waals surface area contributed by atoms with Crippen molar-refractivity contribution in [2.24, 2.45) is 0 Å². The molecule has 0 bridgehead atoms. The van der Waals surface area contributed by atoms with Crippen LogP contribution in [0.4, 0.5) is 0 Å². The van der Waals surface area contributed by atoms with E-state index < -0.39 is 16.6 Å². The summed E-state index contributed by atoms with van der Waals surface area (Å²) in [4.78, 5) is 34.4. The highest BCUT2D eigenvalue weighted by molar-refractivity contribution is 8.24. The van der Waals surface area contributed by atoms with E-state index in [2.05, 4.69) is 5.32 Å². The molecule has 0 fully saturated rings. The SMILES string of the molecule is O=C(O)CCCCc1nc2cc(C(=O)NC3CCS(O)(O)c4ccccc43)ccc2nc1-c1ccc(Cl)cc1. The maximum Gasteiger partial charge on any atom is 0.303 e. The number of nitrogens with zero attached hydrogens (tertiary/aromatic N) is 2. The third-order valence-corrected chi connectivity index (χ3v) is 8.95. The van der Waals surface area contributed by atoms with Crippen LogP contribution in [0.25, 0.3) is 22.3 Å². The van der Waals surface area contributed by atoms with Crippen LogP contribution < -0.4 is 5.32 Å². The largest absolute Gasteiger partial charge is 0.481 e. The molecular formula is C29H28ClN3O5S. The predicted octanol–water partition coefficient (Wildman–Crippen LogP) is 6.73. The Bertz CT molecular complexity index is 1540. The number of amides is 1. The van der Waals surface area contributed by atoms with Gasteiger partial charge in [0, 0.05) is 28.3 Å². The number of aryl methyl sites for hydroxylation is 1. The molecule has 0 saturated carbocycles. The van der Waals surface area contributed by atoms with Crippen LogP contribution in [-0.4, -0.2) is 41.8 Å². The number of rotatable bonds is 8. The first-order chi connectivity index (χ1) is 18.7. The Kier molecular flexibility index (Phi) is 7.86. The van der Waals surface area contributed by atoms with Crippen LogP contribution in [-0.2, 0) is 11.2 Å².